The van der Waals surface area contributed by atoms with Crippen LogP contribution in [0.4, 0.5) is 0 Å². The van der Waals surface area contributed by atoms with E-state index in [2.05, 4.69) is 11.8 Å². The van der Waals surface area contributed by atoms with Crippen molar-refractivity contribution in [3.8, 4) is 0 Å². The van der Waals surface area contributed by atoms with Gasteiger partial charge in [-0.3, -0.25) is 4.90 Å². The van der Waals surface area contributed by atoms with Crippen molar-refractivity contribution in [3.05, 3.63) is 0 Å². The van der Waals surface area contributed by atoms with Crippen LogP contribution < -0.4 is 0 Å². The molecule has 0 heterocycles. The minimum atomic E-state index is -0.539. The number of hydrogen-bond donors (Lipinski definition) is 2. The Labute approximate surface area is 155 Å². The van der Waals surface area contributed by atoms with Crippen molar-refractivity contribution in [1.29, 1.82) is 0 Å². The predicted molar refractivity (Wildman–Crippen MR) is 104 cm³/mol. The lowest BCUT2D eigenvalue weighted by Gasteiger charge is -2.36. The van der Waals surface area contributed by atoms with E-state index in [1.807, 2.05) is 6.92 Å². The van der Waals surface area contributed by atoms with E-state index in [0.29, 0.717) is 19.0 Å². The van der Waals surface area contributed by atoms with Crippen LogP contribution in [0.1, 0.15) is 71.6 Å². The summed E-state index contributed by atoms with van der Waals surface area (Å²) in [6, 6.07) is 0. The molecule has 0 aliphatic heterocycles. The molecule has 0 aromatic heterocycles. The van der Waals surface area contributed by atoms with Gasteiger partial charge in [0.25, 0.3) is 0 Å². The minimum Gasteiger partial charge on any atom is -0.395 e. The molecule has 152 valence electrons. The summed E-state index contributed by atoms with van der Waals surface area (Å²) >= 11 is 0. The Morgan fingerprint density at radius 3 is 1.84 bits per heavy atom. The Hall–Kier alpha value is -0.200. The maximum Gasteiger partial charge on any atom is 0.167 e. The van der Waals surface area contributed by atoms with Crippen LogP contribution in [0.5, 0.6) is 0 Å². The number of ether oxygens (including phenoxy) is 2. The highest BCUT2D eigenvalue weighted by Gasteiger charge is 2.33. The van der Waals surface area contributed by atoms with Crippen molar-refractivity contribution in [2.75, 3.05) is 47.1 Å². The second kappa shape index (κ2) is 16.0. The Balaban J connectivity index is 4.39. The highest BCUT2D eigenvalue weighted by Crippen LogP contribution is 2.31. The number of nitrogens with zero attached hydrogens (tertiary/aromatic N) is 1. The number of hydrogen-bond acceptors (Lipinski definition) is 5. The summed E-state index contributed by atoms with van der Waals surface area (Å²) in [5, 5.41) is 18.2. The molecule has 0 bridgehead atoms. The van der Waals surface area contributed by atoms with Crippen molar-refractivity contribution in [1.82, 2.24) is 4.90 Å². The van der Waals surface area contributed by atoms with E-state index in [1.54, 1.807) is 14.2 Å². The van der Waals surface area contributed by atoms with Crippen LogP contribution in [-0.4, -0.2) is 68.0 Å². The van der Waals surface area contributed by atoms with E-state index in [0.717, 1.165) is 25.8 Å². The molecule has 5 heteroatoms. The summed E-state index contributed by atoms with van der Waals surface area (Å²) in [7, 11) is 3.45. The fraction of sp³-hybridized carbons (Fsp3) is 1.00. The van der Waals surface area contributed by atoms with Gasteiger partial charge in [-0.1, -0.05) is 45.4 Å². The molecule has 0 aliphatic rings. The third-order valence-corrected chi connectivity index (χ3v) is 5.32. The highest BCUT2D eigenvalue weighted by atomic mass is 16.7. The summed E-state index contributed by atoms with van der Waals surface area (Å²) in [5.74, 6) is -0.179. The molecule has 0 aromatic rings. The molecular weight excluding hydrogens is 318 g/mol. The summed E-state index contributed by atoms with van der Waals surface area (Å²) < 4.78 is 11.4. The van der Waals surface area contributed by atoms with Crippen LogP contribution in [0.15, 0.2) is 0 Å². The second-order valence-electron chi connectivity index (χ2n) is 7.11. The van der Waals surface area contributed by atoms with Crippen molar-refractivity contribution in [2.45, 2.75) is 77.4 Å². The largest absolute Gasteiger partial charge is 0.395 e. The SMILES string of the molecule is CCCCCCCCC(CCCN(CCO)CCO)C(C)(OC)OC. The van der Waals surface area contributed by atoms with Gasteiger partial charge in [-0.15, -0.1) is 0 Å². The smallest absolute Gasteiger partial charge is 0.167 e. The van der Waals surface area contributed by atoms with Gasteiger partial charge in [0.15, 0.2) is 5.79 Å². The van der Waals surface area contributed by atoms with Crippen molar-refractivity contribution in [2.24, 2.45) is 5.92 Å². The van der Waals surface area contributed by atoms with Gasteiger partial charge in [-0.05, 0) is 32.7 Å². The maximum atomic E-state index is 9.12. The van der Waals surface area contributed by atoms with Gasteiger partial charge in [0.1, 0.15) is 0 Å². The van der Waals surface area contributed by atoms with Crippen LogP contribution in [0.2, 0.25) is 0 Å². The minimum absolute atomic E-state index is 0.134. The molecule has 0 fully saturated rings. The van der Waals surface area contributed by atoms with Gasteiger partial charge < -0.3 is 19.7 Å². The first kappa shape index (κ1) is 24.8. The van der Waals surface area contributed by atoms with E-state index < -0.39 is 5.79 Å². The third kappa shape index (κ3) is 11.2. The lowest BCUT2D eigenvalue weighted by Crippen LogP contribution is -2.39. The Morgan fingerprint density at radius 2 is 1.32 bits per heavy atom. The van der Waals surface area contributed by atoms with Crippen molar-refractivity contribution in [3.63, 3.8) is 0 Å². The molecular formula is C20H43NO4. The van der Waals surface area contributed by atoms with E-state index in [1.165, 1.54) is 38.5 Å². The van der Waals surface area contributed by atoms with Crippen LogP contribution in [-0.2, 0) is 9.47 Å². The maximum absolute atomic E-state index is 9.12. The number of aliphatic hydroxyl groups is 2. The number of unbranched alkanes of at least 4 members (excludes halogenated alkanes) is 5. The summed E-state index contributed by atoms with van der Waals surface area (Å²) in [6.07, 6.45) is 10.9. The van der Waals surface area contributed by atoms with E-state index in [-0.39, 0.29) is 13.2 Å². The third-order valence-electron chi connectivity index (χ3n) is 5.32. The first-order valence-corrected chi connectivity index (χ1v) is 10.1. The van der Waals surface area contributed by atoms with Gasteiger partial charge in [-0.25, -0.2) is 0 Å². The monoisotopic (exact) mass is 361 g/mol. The molecule has 0 spiro atoms. The predicted octanol–water partition coefficient (Wildman–Crippen LogP) is 3.43. The lowest BCUT2D eigenvalue weighted by molar-refractivity contribution is -0.230. The molecule has 0 aliphatic carbocycles. The van der Waals surface area contributed by atoms with Crippen LogP contribution in [0, 0.1) is 5.92 Å². The van der Waals surface area contributed by atoms with E-state index in [4.69, 9.17) is 19.7 Å². The topological polar surface area (TPSA) is 62.2 Å². The summed E-state index contributed by atoms with van der Waals surface area (Å²) in [5.41, 5.74) is 0. The molecule has 2 N–H and O–H groups in total. The van der Waals surface area contributed by atoms with Crippen LogP contribution in [0.3, 0.4) is 0 Å². The van der Waals surface area contributed by atoms with Crippen LogP contribution in [0.25, 0.3) is 0 Å². The normalized spacial score (nSPS) is 13.6. The lowest BCUT2D eigenvalue weighted by atomic mass is 9.88. The molecule has 5 nitrogen and oxygen atoms in total. The molecule has 1 atom stereocenters. The second-order valence-corrected chi connectivity index (χ2v) is 7.11. The first-order valence-electron chi connectivity index (χ1n) is 10.1. The molecule has 1 unspecified atom stereocenters. The van der Waals surface area contributed by atoms with Crippen molar-refractivity contribution < 1.29 is 19.7 Å². The Morgan fingerprint density at radius 1 is 0.800 bits per heavy atom. The highest BCUT2D eigenvalue weighted by molar-refractivity contribution is 4.76. The average molecular weight is 362 g/mol. The molecule has 0 rings (SSSR count). The summed E-state index contributed by atoms with van der Waals surface area (Å²) in [6.45, 7) is 6.67. The average Bonchev–Trinajstić information content (AvgIpc) is 2.62. The molecule has 0 saturated carbocycles. The van der Waals surface area contributed by atoms with Gasteiger partial charge in [0.05, 0.1) is 13.2 Å². The number of rotatable bonds is 18. The van der Waals surface area contributed by atoms with Gasteiger partial charge in [0.2, 0.25) is 0 Å². The fourth-order valence-corrected chi connectivity index (χ4v) is 3.44. The molecule has 0 radical (unpaired) electrons. The molecule has 0 amide bonds. The summed E-state index contributed by atoms with van der Waals surface area (Å²) in [4.78, 5) is 2.11. The van der Waals surface area contributed by atoms with Crippen LogP contribution >= 0.6 is 0 Å². The van der Waals surface area contributed by atoms with Gasteiger partial charge in [0, 0.05) is 33.2 Å². The zero-order valence-corrected chi connectivity index (χ0v) is 17.1. The fourth-order valence-electron chi connectivity index (χ4n) is 3.44. The zero-order valence-electron chi connectivity index (χ0n) is 17.1. The quantitative estimate of drug-likeness (QED) is 0.289. The number of aliphatic hydroxyl groups excluding tert-OH is 2. The zero-order chi connectivity index (χ0) is 19.0. The molecule has 25 heavy (non-hydrogen) atoms. The van der Waals surface area contributed by atoms with E-state index >= 15 is 0 Å². The molecule has 0 aromatic carbocycles. The van der Waals surface area contributed by atoms with Gasteiger partial charge in [-0.2, -0.15) is 0 Å². The Bertz CT molecular complexity index is 279. The molecule has 0 saturated heterocycles. The number of methoxy groups -OCH3 is 2. The van der Waals surface area contributed by atoms with Crippen molar-refractivity contribution >= 4 is 0 Å². The standard InChI is InChI=1S/C20H43NO4/c1-5-6-7-8-9-10-12-19(20(2,24-3)25-4)13-11-14-21(15-17-22)16-18-23/h19,22-23H,5-18H2,1-4H3. The van der Waals surface area contributed by atoms with Gasteiger partial charge >= 0.3 is 0 Å². The van der Waals surface area contributed by atoms with E-state index in [9.17, 15) is 0 Å². The Kier molecular flexibility index (Phi) is 15.9. The first-order chi connectivity index (χ1) is 12.1.